The van der Waals surface area contributed by atoms with E-state index in [2.05, 4.69) is 20.7 Å². The van der Waals surface area contributed by atoms with Crippen molar-refractivity contribution >= 4 is 43.0 Å². The summed E-state index contributed by atoms with van der Waals surface area (Å²) in [6.07, 6.45) is 0.689. The summed E-state index contributed by atoms with van der Waals surface area (Å²) in [5.41, 5.74) is 7.00. The molecule has 0 bridgehead atoms. The van der Waals surface area contributed by atoms with Gasteiger partial charge in [0.1, 0.15) is 4.21 Å². The first kappa shape index (κ1) is 15.5. The molecule has 0 radical (unpaired) electrons. The van der Waals surface area contributed by atoms with Crippen molar-refractivity contribution in [3.8, 4) is 0 Å². The van der Waals surface area contributed by atoms with Crippen LogP contribution >= 0.6 is 27.3 Å². The van der Waals surface area contributed by atoms with E-state index in [0.29, 0.717) is 27.3 Å². The minimum Gasteiger partial charge on any atom is -0.330 e. The number of hydrogen-bond acceptors (Lipinski definition) is 4. The average molecular weight is 375 g/mol. The highest BCUT2D eigenvalue weighted by molar-refractivity contribution is 9.10. The van der Waals surface area contributed by atoms with E-state index in [-0.39, 0.29) is 0 Å². The summed E-state index contributed by atoms with van der Waals surface area (Å²) in [6, 6.07) is 8.93. The lowest BCUT2D eigenvalue weighted by atomic mass is 10.2. The van der Waals surface area contributed by atoms with Gasteiger partial charge in [0.25, 0.3) is 10.0 Å². The molecular formula is C13H15BrN2O2S2. The zero-order valence-corrected chi connectivity index (χ0v) is 14.1. The van der Waals surface area contributed by atoms with Gasteiger partial charge in [-0.05, 0) is 65.6 Å². The molecule has 2 aromatic rings. The number of anilines is 1. The van der Waals surface area contributed by atoms with Crippen molar-refractivity contribution in [1.29, 1.82) is 0 Å². The summed E-state index contributed by atoms with van der Waals surface area (Å²) in [6.45, 7) is 2.42. The van der Waals surface area contributed by atoms with E-state index >= 15 is 0 Å². The molecule has 0 amide bonds. The molecule has 3 N–H and O–H groups in total. The fourth-order valence-electron chi connectivity index (χ4n) is 1.69. The van der Waals surface area contributed by atoms with Crippen LogP contribution in [0.2, 0.25) is 0 Å². The molecule has 1 heterocycles. The maximum atomic E-state index is 12.3. The Labute approximate surface area is 131 Å². The molecule has 0 unspecified atom stereocenters. The van der Waals surface area contributed by atoms with E-state index in [9.17, 15) is 8.42 Å². The third kappa shape index (κ3) is 3.60. The van der Waals surface area contributed by atoms with Crippen molar-refractivity contribution in [2.24, 2.45) is 5.73 Å². The number of nitrogens with two attached hydrogens (primary N) is 1. The number of halogens is 1. The number of sulfonamides is 1. The summed E-state index contributed by atoms with van der Waals surface area (Å²) in [4.78, 5) is 0.969. The second-order valence-electron chi connectivity index (χ2n) is 4.35. The Balaban J connectivity index is 2.28. The smallest absolute Gasteiger partial charge is 0.271 e. The van der Waals surface area contributed by atoms with E-state index in [1.807, 2.05) is 19.1 Å². The largest absolute Gasteiger partial charge is 0.330 e. The van der Waals surface area contributed by atoms with Gasteiger partial charge in [0.2, 0.25) is 0 Å². The first-order valence-corrected chi connectivity index (χ1v) is 9.09. The quantitative estimate of drug-likeness (QED) is 0.844. The molecule has 0 aliphatic rings. The molecule has 2 rings (SSSR count). The van der Waals surface area contributed by atoms with Crippen LogP contribution in [-0.2, 0) is 16.4 Å². The van der Waals surface area contributed by atoms with Gasteiger partial charge >= 0.3 is 0 Å². The predicted octanol–water partition coefficient (Wildman–Crippen LogP) is 3.12. The van der Waals surface area contributed by atoms with Crippen LogP contribution in [-0.4, -0.2) is 15.0 Å². The Morgan fingerprint density at radius 2 is 2.05 bits per heavy atom. The van der Waals surface area contributed by atoms with Crippen molar-refractivity contribution in [2.45, 2.75) is 17.6 Å². The molecule has 1 aromatic carbocycles. The van der Waals surface area contributed by atoms with Crippen LogP contribution < -0.4 is 10.5 Å². The number of rotatable bonds is 5. The Kier molecular flexibility index (Phi) is 4.85. The lowest BCUT2D eigenvalue weighted by Gasteiger charge is -2.09. The van der Waals surface area contributed by atoms with Gasteiger partial charge in [-0.15, -0.1) is 11.3 Å². The number of thiophene rings is 1. The van der Waals surface area contributed by atoms with Crippen molar-refractivity contribution in [2.75, 3.05) is 11.3 Å². The highest BCUT2D eigenvalue weighted by atomic mass is 79.9. The molecule has 0 aliphatic heterocycles. The molecule has 0 spiro atoms. The average Bonchev–Trinajstić information content (AvgIpc) is 2.83. The zero-order valence-electron chi connectivity index (χ0n) is 10.9. The molecule has 0 atom stereocenters. The van der Waals surface area contributed by atoms with Crippen molar-refractivity contribution in [3.05, 3.63) is 45.2 Å². The minimum atomic E-state index is -3.55. The molecule has 4 nitrogen and oxygen atoms in total. The van der Waals surface area contributed by atoms with Gasteiger partial charge in [0.15, 0.2) is 0 Å². The summed E-state index contributed by atoms with van der Waals surface area (Å²) in [5, 5.41) is 0. The highest BCUT2D eigenvalue weighted by Crippen LogP contribution is 2.28. The van der Waals surface area contributed by atoms with Crippen LogP contribution in [0, 0.1) is 6.92 Å². The minimum absolute atomic E-state index is 0.300. The molecule has 20 heavy (non-hydrogen) atoms. The summed E-state index contributed by atoms with van der Waals surface area (Å²) in [5.74, 6) is 0. The van der Waals surface area contributed by atoms with E-state index in [1.165, 1.54) is 11.3 Å². The molecule has 0 fully saturated rings. The van der Waals surface area contributed by atoms with Crippen LogP contribution in [0.1, 0.15) is 10.4 Å². The van der Waals surface area contributed by atoms with E-state index in [1.54, 1.807) is 18.2 Å². The third-order valence-corrected chi connectivity index (χ3v) is 6.35. The second-order valence-corrected chi connectivity index (χ2v) is 8.28. The third-order valence-electron chi connectivity index (χ3n) is 2.66. The summed E-state index contributed by atoms with van der Waals surface area (Å²) < 4.78 is 28.3. The van der Waals surface area contributed by atoms with Crippen LogP contribution in [0.4, 0.5) is 5.69 Å². The Morgan fingerprint density at radius 3 is 2.75 bits per heavy atom. The molecule has 0 saturated heterocycles. The van der Waals surface area contributed by atoms with Crippen LogP contribution in [0.5, 0.6) is 0 Å². The van der Waals surface area contributed by atoms with Gasteiger partial charge in [0.05, 0.1) is 5.69 Å². The van der Waals surface area contributed by atoms with Gasteiger partial charge in [-0.2, -0.15) is 0 Å². The first-order chi connectivity index (χ1) is 9.42. The topological polar surface area (TPSA) is 72.2 Å². The maximum absolute atomic E-state index is 12.3. The van der Waals surface area contributed by atoms with Gasteiger partial charge in [0, 0.05) is 9.35 Å². The first-order valence-electron chi connectivity index (χ1n) is 6.00. The number of nitrogens with one attached hydrogen (secondary N) is 1. The lowest BCUT2D eigenvalue weighted by molar-refractivity contribution is 0.603. The van der Waals surface area contributed by atoms with Gasteiger partial charge in [-0.25, -0.2) is 8.42 Å². The molecule has 7 heteroatoms. The Morgan fingerprint density at radius 1 is 1.30 bits per heavy atom. The van der Waals surface area contributed by atoms with Crippen LogP contribution in [0.25, 0.3) is 0 Å². The van der Waals surface area contributed by atoms with E-state index < -0.39 is 10.0 Å². The molecule has 108 valence electrons. The lowest BCUT2D eigenvalue weighted by Crippen LogP contribution is -2.12. The fourth-order valence-corrected chi connectivity index (χ4v) is 4.61. The molecule has 1 aromatic heterocycles. The molecule has 0 saturated carbocycles. The fraction of sp³-hybridized carbons (Fsp3) is 0.231. The highest BCUT2D eigenvalue weighted by Gasteiger charge is 2.18. The second kappa shape index (κ2) is 6.26. The van der Waals surface area contributed by atoms with Crippen LogP contribution in [0.3, 0.4) is 0 Å². The van der Waals surface area contributed by atoms with Gasteiger partial charge in [-0.1, -0.05) is 6.07 Å². The summed E-state index contributed by atoms with van der Waals surface area (Å²) >= 11 is 4.59. The van der Waals surface area contributed by atoms with Crippen LogP contribution in [0.15, 0.2) is 39.0 Å². The Hall–Kier alpha value is -0.890. The maximum Gasteiger partial charge on any atom is 0.271 e. The summed E-state index contributed by atoms with van der Waals surface area (Å²) in [7, 11) is -3.55. The predicted molar refractivity (Wildman–Crippen MR) is 86.8 cm³/mol. The SMILES string of the molecule is Cc1ccc(Br)c(NS(=O)(=O)c2ccc(CCN)s2)c1. The van der Waals surface area contributed by atoms with Crippen molar-refractivity contribution in [3.63, 3.8) is 0 Å². The molecule has 0 aliphatic carbocycles. The Bertz CT molecular complexity index is 711. The number of aryl methyl sites for hydroxylation is 1. The van der Waals surface area contributed by atoms with E-state index in [4.69, 9.17) is 5.73 Å². The van der Waals surface area contributed by atoms with Crippen molar-refractivity contribution < 1.29 is 8.42 Å². The number of benzene rings is 1. The zero-order chi connectivity index (χ0) is 14.8. The van der Waals surface area contributed by atoms with Crippen molar-refractivity contribution in [1.82, 2.24) is 0 Å². The normalized spacial score (nSPS) is 11.6. The van der Waals surface area contributed by atoms with E-state index in [0.717, 1.165) is 10.4 Å². The molecular weight excluding hydrogens is 360 g/mol. The monoisotopic (exact) mass is 374 g/mol. The number of hydrogen-bond donors (Lipinski definition) is 2. The van der Waals surface area contributed by atoms with Gasteiger partial charge in [-0.3, -0.25) is 4.72 Å². The standard InChI is InChI=1S/C13H15BrN2O2S2/c1-9-2-4-11(14)12(8-9)16-20(17,18)13-5-3-10(19-13)6-7-15/h2-5,8,16H,6-7,15H2,1H3. The van der Waals surface area contributed by atoms with Gasteiger partial charge < -0.3 is 5.73 Å².